The minimum absolute atomic E-state index is 0.0123. The van der Waals surface area contributed by atoms with Gasteiger partial charge in [0.2, 0.25) is 0 Å². The molecule has 1 aromatic heterocycles. The van der Waals surface area contributed by atoms with E-state index in [0.717, 1.165) is 32.1 Å². The zero-order chi connectivity index (χ0) is 19.4. The molecule has 0 aliphatic carbocycles. The molecule has 140 valence electrons. The van der Waals surface area contributed by atoms with E-state index in [1.807, 2.05) is 31.2 Å². The predicted octanol–water partition coefficient (Wildman–Crippen LogP) is 4.17. The first kappa shape index (κ1) is 17.1. The minimum atomic E-state index is -0.247. The van der Waals surface area contributed by atoms with Crippen LogP contribution in [-0.2, 0) is 11.2 Å². The van der Waals surface area contributed by atoms with Crippen molar-refractivity contribution >= 4 is 44.4 Å². The van der Waals surface area contributed by atoms with Crippen LogP contribution in [0, 0.1) is 5.82 Å². The summed E-state index contributed by atoms with van der Waals surface area (Å²) in [5, 5.41) is 9.41. The standard InChI is InChI=1S/C21H16FN3O2S/c1-11-6-12-7-16-17(27-10-20(26)25(16)2)8-13(12)21(24-23-11)19-9-14-15(22)4-3-5-18(14)28-19/h3-5,7-9H,6,10H2,1-2H3. The molecule has 0 unspecified atom stereocenters. The van der Waals surface area contributed by atoms with Gasteiger partial charge in [0, 0.05) is 34.8 Å². The second kappa shape index (κ2) is 6.24. The summed E-state index contributed by atoms with van der Waals surface area (Å²) in [6.45, 7) is 1.93. The summed E-state index contributed by atoms with van der Waals surface area (Å²) in [7, 11) is 1.75. The molecular weight excluding hydrogens is 377 g/mol. The fourth-order valence-electron chi connectivity index (χ4n) is 3.55. The first-order valence-corrected chi connectivity index (χ1v) is 9.69. The molecule has 3 heterocycles. The lowest BCUT2D eigenvalue weighted by Gasteiger charge is -2.27. The normalized spacial score (nSPS) is 16.1. The van der Waals surface area contributed by atoms with Crippen LogP contribution in [0.15, 0.2) is 46.6 Å². The number of rotatable bonds is 1. The Morgan fingerprint density at radius 1 is 1.21 bits per heavy atom. The van der Waals surface area contributed by atoms with Crippen molar-refractivity contribution < 1.29 is 13.9 Å². The summed E-state index contributed by atoms with van der Waals surface area (Å²) < 4.78 is 20.7. The van der Waals surface area contributed by atoms with Crippen molar-refractivity contribution in [2.45, 2.75) is 13.3 Å². The SMILES string of the molecule is CC1=NN=C(c2cc3c(F)cccc3s2)c2cc3c(cc2C1)N(C)C(=O)CO3. The highest BCUT2D eigenvalue weighted by Crippen LogP contribution is 2.38. The summed E-state index contributed by atoms with van der Waals surface area (Å²) in [5.74, 6) is 0.309. The molecule has 7 heteroatoms. The van der Waals surface area contributed by atoms with Gasteiger partial charge in [0.1, 0.15) is 17.3 Å². The van der Waals surface area contributed by atoms with Gasteiger partial charge in [0.25, 0.3) is 5.91 Å². The number of nitrogens with zero attached hydrogens (tertiary/aromatic N) is 3. The van der Waals surface area contributed by atoms with Gasteiger partial charge in [-0.3, -0.25) is 4.79 Å². The number of likely N-dealkylation sites (N-methyl/N-ethyl adjacent to an activating group) is 1. The first-order chi connectivity index (χ1) is 13.5. The van der Waals surface area contributed by atoms with E-state index in [-0.39, 0.29) is 18.3 Å². The third-order valence-corrected chi connectivity index (χ3v) is 6.14. The van der Waals surface area contributed by atoms with Gasteiger partial charge in [-0.25, -0.2) is 4.39 Å². The maximum atomic E-state index is 14.2. The number of fused-ring (bicyclic) bond motifs is 3. The van der Waals surface area contributed by atoms with E-state index in [9.17, 15) is 9.18 Å². The van der Waals surface area contributed by atoms with Gasteiger partial charge in [-0.2, -0.15) is 5.10 Å². The molecule has 5 nitrogen and oxygen atoms in total. The molecule has 2 aliphatic heterocycles. The van der Waals surface area contributed by atoms with Crippen molar-refractivity contribution in [2.75, 3.05) is 18.6 Å². The van der Waals surface area contributed by atoms with Gasteiger partial charge in [-0.15, -0.1) is 16.4 Å². The fourth-order valence-corrected chi connectivity index (χ4v) is 4.63. The highest BCUT2D eigenvalue weighted by atomic mass is 32.1. The molecule has 28 heavy (non-hydrogen) atoms. The van der Waals surface area contributed by atoms with E-state index in [1.165, 1.54) is 17.4 Å². The van der Waals surface area contributed by atoms with Crippen molar-refractivity contribution in [2.24, 2.45) is 10.2 Å². The average molecular weight is 393 g/mol. The van der Waals surface area contributed by atoms with Crippen molar-refractivity contribution in [1.29, 1.82) is 0 Å². The third kappa shape index (κ3) is 2.62. The summed E-state index contributed by atoms with van der Waals surface area (Å²) >= 11 is 1.48. The maximum absolute atomic E-state index is 14.2. The quantitative estimate of drug-likeness (QED) is 0.623. The molecule has 0 atom stereocenters. The van der Waals surface area contributed by atoms with Gasteiger partial charge in [0.05, 0.1) is 10.6 Å². The lowest BCUT2D eigenvalue weighted by atomic mass is 9.96. The van der Waals surface area contributed by atoms with E-state index in [0.29, 0.717) is 23.3 Å². The van der Waals surface area contributed by atoms with Gasteiger partial charge >= 0.3 is 0 Å². The Kier molecular flexibility index (Phi) is 3.80. The van der Waals surface area contributed by atoms with E-state index in [1.54, 1.807) is 18.0 Å². The van der Waals surface area contributed by atoms with Gasteiger partial charge in [-0.1, -0.05) is 6.07 Å². The van der Waals surface area contributed by atoms with Crippen LogP contribution < -0.4 is 9.64 Å². The molecule has 0 bridgehead atoms. The molecule has 5 rings (SSSR count). The Bertz CT molecular complexity index is 1210. The van der Waals surface area contributed by atoms with Gasteiger partial charge < -0.3 is 9.64 Å². The molecule has 2 aliphatic rings. The lowest BCUT2D eigenvalue weighted by Crippen LogP contribution is -2.35. The van der Waals surface area contributed by atoms with E-state index >= 15 is 0 Å². The number of halogens is 1. The number of ether oxygens (including phenoxy) is 1. The van der Waals surface area contributed by atoms with Gasteiger partial charge in [0.15, 0.2) is 6.61 Å². The van der Waals surface area contributed by atoms with Crippen LogP contribution in [0.3, 0.4) is 0 Å². The van der Waals surface area contributed by atoms with Crippen molar-refractivity contribution in [3.8, 4) is 5.75 Å². The van der Waals surface area contributed by atoms with Crippen LogP contribution in [0.25, 0.3) is 10.1 Å². The molecule has 2 aromatic carbocycles. The highest BCUT2D eigenvalue weighted by Gasteiger charge is 2.27. The minimum Gasteiger partial charge on any atom is -0.482 e. The third-order valence-electron chi connectivity index (χ3n) is 5.04. The van der Waals surface area contributed by atoms with E-state index in [2.05, 4.69) is 10.2 Å². The second-order valence-electron chi connectivity index (χ2n) is 6.94. The Labute approximate surface area is 164 Å². The summed E-state index contributed by atoms with van der Waals surface area (Å²) in [5.41, 5.74) is 4.22. The van der Waals surface area contributed by atoms with Gasteiger partial charge in [-0.05, 0) is 42.8 Å². The van der Waals surface area contributed by atoms with Crippen molar-refractivity contribution in [3.63, 3.8) is 0 Å². The topological polar surface area (TPSA) is 54.3 Å². The Morgan fingerprint density at radius 3 is 2.89 bits per heavy atom. The van der Waals surface area contributed by atoms with Crippen molar-refractivity contribution in [1.82, 2.24) is 0 Å². The number of hydrogen-bond acceptors (Lipinski definition) is 5. The number of anilines is 1. The van der Waals surface area contributed by atoms with Crippen LogP contribution in [0.2, 0.25) is 0 Å². The summed E-state index contributed by atoms with van der Waals surface area (Å²) in [6.07, 6.45) is 0.622. The fraction of sp³-hybridized carbons (Fsp3) is 0.190. The Morgan fingerprint density at radius 2 is 2.07 bits per heavy atom. The zero-order valence-electron chi connectivity index (χ0n) is 15.3. The summed E-state index contributed by atoms with van der Waals surface area (Å²) in [6, 6.07) is 10.8. The molecule has 3 aromatic rings. The molecule has 0 fully saturated rings. The predicted molar refractivity (Wildman–Crippen MR) is 110 cm³/mol. The van der Waals surface area contributed by atoms with E-state index in [4.69, 9.17) is 4.74 Å². The Hall–Kier alpha value is -3.06. The second-order valence-corrected chi connectivity index (χ2v) is 8.03. The van der Waals surface area contributed by atoms with Crippen LogP contribution in [-0.4, -0.2) is 31.0 Å². The number of amides is 1. The number of carbonyl (C=O) groups is 1. The number of hydrogen-bond donors (Lipinski definition) is 0. The average Bonchev–Trinajstić information content (AvgIpc) is 3.04. The molecule has 0 spiro atoms. The number of carbonyl (C=O) groups excluding carboxylic acids is 1. The highest BCUT2D eigenvalue weighted by molar-refractivity contribution is 7.21. The van der Waals surface area contributed by atoms with Crippen LogP contribution >= 0.6 is 11.3 Å². The van der Waals surface area contributed by atoms with Crippen LogP contribution in [0.5, 0.6) is 5.75 Å². The first-order valence-electron chi connectivity index (χ1n) is 8.87. The van der Waals surface area contributed by atoms with Crippen LogP contribution in [0.4, 0.5) is 10.1 Å². The number of thiophene rings is 1. The van der Waals surface area contributed by atoms with E-state index < -0.39 is 0 Å². The smallest absolute Gasteiger partial charge is 0.264 e. The molecule has 1 amide bonds. The van der Waals surface area contributed by atoms with Crippen LogP contribution in [0.1, 0.15) is 22.9 Å². The number of benzene rings is 2. The molecule has 0 saturated heterocycles. The monoisotopic (exact) mass is 393 g/mol. The lowest BCUT2D eigenvalue weighted by molar-refractivity contribution is -0.120. The molecule has 0 saturated carbocycles. The molecule has 0 N–H and O–H groups in total. The molecular formula is C21H16FN3O2S. The Balaban J connectivity index is 1.71. The molecule has 0 radical (unpaired) electrons. The maximum Gasteiger partial charge on any atom is 0.264 e. The summed E-state index contributed by atoms with van der Waals surface area (Å²) in [4.78, 5) is 14.5. The zero-order valence-corrected chi connectivity index (χ0v) is 16.1. The van der Waals surface area contributed by atoms with Crippen molar-refractivity contribution in [3.05, 3.63) is 58.2 Å². The largest absolute Gasteiger partial charge is 0.482 e.